The standard InChI is InChI=1S/C15H11BrN4OS/c16-11-5-3-10(4-6-11)9-17-20-15(21)13-8-12(18-19-13)14-2-1-7-22-14/h1-9H,(H,18,19)(H,20,21)/b17-9+. The first-order valence-electron chi connectivity index (χ1n) is 6.40. The Morgan fingerprint density at radius 2 is 2.14 bits per heavy atom. The maximum absolute atomic E-state index is 12.0. The number of thiophene rings is 1. The first kappa shape index (κ1) is 14.7. The molecule has 3 aromatic rings. The van der Waals surface area contributed by atoms with Crippen molar-refractivity contribution in [2.45, 2.75) is 0 Å². The number of H-pyrrole nitrogens is 1. The molecule has 0 radical (unpaired) electrons. The lowest BCUT2D eigenvalue weighted by molar-refractivity contribution is 0.0950. The highest BCUT2D eigenvalue weighted by Gasteiger charge is 2.10. The van der Waals surface area contributed by atoms with Gasteiger partial charge in [-0.3, -0.25) is 9.89 Å². The zero-order chi connectivity index (χ0) is 15.4. The zero-order valence-corrected chi connectivity index (χ0v) is 13.7. The van der Waals surface area contributed by atoms with E-state index < -0.39 is 0 Å². The zero-order valence-electron chi connectivity index (χ0n) is 11.3. The lowest BCUT2D eigenvalue weighted by Gasteiger charge is -1.95. The molecule has 0 unspecified atom stereocenters. The van der Waals surface area contributed by atoms with E-state index in [0.29, 0.717) is 5.69 Å². The second-order valence-electron chi connectivity index (χ2n) is 4.39. The molecule has 0 fully saturated rings. The SMILES string of the molecule is O=C(N/N=C/c1ccc(Br)cc1)c1cc(-c2cccs2)[nH]n1. The summed E-state index contributed by atoms with van der Waals surface area (Å²) in [6, 6.07) is 13.2. The molecule has 1 amide bonds. The number of hydrogen-bond donors (Lipinski definition) is 2. The van der Waals surface area contributed by atoms with E-state index in [-0.39, 0.29) is 5.91 Å². The lowest BCUT2D eigenvalue weighted by atomic mass is 10.2. The normalized spacial score (nSPS) is 11.0. The molecule has 0 saturated carbocycles. The topological polar surface area (TPSA) is 70.1 Å². The summed E-state index contributed by atoms with van der Waals surface area (Å²) in [5.74, 6) is -0.354. The van der Waals surface area contributed by atoms with Gasteiger partial charge >= 0.3 is 0 Å². The third kappa shape index (κ3) is 3.49. The molecule has 3 rings (SSSR count). The monoisotopic (exact) mass is 374 g/mol. The van der Waals surface area contributed by atoms with Crippen LogP contribution in [0.15, 0.2) is 57.4 Å². The van der Waals surface area contributed by atoms with Crippen molar-refractivity contribution in [3.8, 4) is 10.6 Å². The number of carbonyl (C=O) groups is 1. The van der Waals surface area contributed by atoms with Crippen LogP contribution in [0.3, 0.4) is 0 Å². The van der Waals surface area contributed by atoms with Crippen LogP contribution in [0.5, 0.6) is 0 Å². The van der Waals surface area contributed by atoms with Crippen molar-refractivity contribution >= 4 is 39.4 Å². The molecule has 0 bridgehead atoms. The quantitative estimate of drug-likeness (QED) is 0.540. The Bertz CT molecular complexity index is 793. The van der Waals surface area contributed by atoms with Gasteiger partial charge in [0.05, 0.1) is 16.8 Å². The number of carbonyl (C=O) groups excluding carboxylic acids is 1. The molecule has 2 heterocycles. The molecule has 0 aliphatic carbocycles. The van der Waals surface area contributed by atoms with Crippen molar-refractivity contribution in [2.75, 3.05) is 0 Å². The molecule has 0 aliphatic rings. The molecule has 0 aliphatic heterocycles. The maximum atomic E-state index is 12.0. The number of rotatable bonds is 4. The molecule has 0 spiro atoms. The number of nitrogens with zero attached hydrogens (tertiary/aromatic N) is 2. The van der Waals surface area contributed by atoms with E-state index in [0.717, 1.165) is 20.6 Å². The fraction of sp³-hybridized carbons (Fsp3) is 0. The number of benzene rings is 1. The third-order valence-corrected chi connectivity index (χ3v) is 4.28. The van der Waals surface area contributed by atoms with Gasteiger partial charge in [0.15, 0.2) is 5.69 Å². The van der Waals surface area contributed by atoms with Gasteiger partial charge in [-0.15, -0.1) is 11.3 Å². The fourth-order valence-electron chi connectivity index (χ4n) is 1.77. The molecular formula is C15H11BrN4OS. The minimum Gasteiger partial charge on any atom is -0.276 e. The summed E-state index contributed by atoms with van der Waals surface area (Å²) in [5.41, 5.74) is 4.47. The van der Waals surface area contributed by atoms with E-state index in [1.165, 1.54) is 0 Å². The largest absolute Gasteiger partial charge is 0.291 e. The Morgan fingerprint density at radius 3 is 2.86 bits per heavy atom. The third-order valence-electron chi connectivity index (χ3n) is 2.85. The Kier molecular flexibility index (Phi) is 4.45. The van der Waals surface area contributed by atoms with Gasteiger partial charge in [-0.25, -0.2) is 5.43 Å². The first-order chi connectivity index (χ1) is 10.7. The number of hydrogen-bond acceptors (Lipinski definition) is 4. The average Bonchev–Trinajstić information content (AvgIpc) is 3.20. The number of nitrogens with one attached hydrogen (secondary N) is 2. The van der Waals surface area contributed by atoms with Crippen LogP contribution >= 0.6 is 27.3 Å². The van der Waals surface area contributed by atoms with Gasteiger partial charge in [-0.05, 0) is 35.2 Å². The molecule has 110 valence electrons. The highest BCUT2D eigenvalue weighted by atomic mass is 79.9. The van der Waals surface area contributed by atoms with Crippen LogP contribution < -0.4 is 5.43 Å². The molecule has 1 aromatic carbocycles. The Balaban J connectivity index is 1.63. The van der Waals surface area contributed by atoms with E-state index in [1.807, 2.05) is 41.8 Å². The molecule has 7 heteroatoms. The van der Waals surface area contributed by atoms with E-state index in [4.69, 9.17) is 0 Å². The van der Waals surface area contributed by atoms with Gasteiger partial charge in [0.2, 0.25) is 0 Å². The molecule has 2 aromatic heterocycles. The number of aromatic nitrogens is 2. The summed E-state index contributed by atoms with van der Waals surface area (Å²) >= 11 is 4.94. The summed E-state index contributed by atoms with van der Waals surface area (Å²) in [6.45, 7) is 0. The second kappa shape index (κ2) is 6.67. The Hall–Kier alpha value is -2.25. The summed E-state index contributed by atoms with van der Waals surface area (Å²) in [7, 11) is 0. The lowest BCUT2D eigenvalue weighted by Crippen LogP contribution is -2.17. The Labute approximate surface area is 139 Å². The molecule has 22 heavy (non-hydrogen) atoms. The van der Waals surface area contributed by atoms with Gasteiger partial charge < -0.3 is 0 Å². The molecular weight excluding hydrogens is 364 g/mol. The van der Waals surface area contributed by atoms with Gasteiger partial charge in [0.1, 0.15) is 0 Å². The summed E-state index contributed by atoms with van der Waals surface area (Å²) in [6.07, 6.45) is 1.58. The van der Waals surface area contributed by atoms with E-state index in [2.05, 4.69) is 36.7 Å². The minimum absolute atomic E-state index is 0.302. The summed E-state index contributed by atoms with van der Waals surface area (Å²) in [5, 5.41) is 12.7. The van der Waals surface area contributed by atoms with Crippen molar-refractivity contribution in [3.05, 3.63) is 63.6 Å². The van der Waals surface area contributed by atoms with Gasteiger partial charge in [-0.1, -0.05) is 34.1 Å². The first-order valence-corrected chi connectivity index (χ1v) is 8.08. The molecule has 2 N–H and O–H groups in total. The van der Waals surface area contributed by atoms with Gasteiger partial charge in [0.25, 0.3) is 5.91 Å². The number of halogens is 1. The summed E-state index contributed by atoms with van der Waals surface area (Å²) in [4.78, 5) is 13.0. The van der Waals surface area contributed by atoms with Crippen molar-refractivity contribution in [1.82, 2.24) is 15.6 Å². The smallest absolute Gasteiger partial charge is 0.276 e. The highest BCUT2D eigenvalue weighted by molar-refractivity contribution is 9.10. The molecule has 0 atom stereocenters. The molecule has 0 saturated heterocycles. The number of hydrazone groups is 1. The number of aromatic amines is 1. The van der Waals surface area contributed by atoms with Crippen LogP contribution in [0.1, 0.15) is 16.1 Å². The van der Waals surface area contributed by atoms with E-state index >= 15 is 0 Å². The molecule has 5 nitrogen and oxygen atoms in total. The van der Waals surface area contributed by atoms with E-state index in [1.54, 1.807) is 23.6 Å². The van der Waals surface area contributed by atoms with Crippen LogP contribution in [-0.4, -0.2) is 22.3 Å². The van der Waals surface area contributed by atoms with E-state index in [9.17, 15) is 4.79 Å². The predicted octanol–water partition coefficient (Wildman–Crippen LogP) is 3.66. The van der Waals surface area contributed by atoms with Crippen molar-refractivity contribution < 1.29 is 4.79 Å². The van der Waals surface area contributed by atoms with Crippen molar-refractivity contribution in [2.24, 2.45) is 5.10 Å². The predicted molar refractivity (Wildman–Crippen MR) is 91.1 cm³/mol. The maximum Gasteiger partial charge on any atom is 0.291 e. The number of amides is 1. The fourth-order valence-corrected chi connectivity index (χ4v) is 2.72. The van der Waals surface area contributed by atoms with Crippen LogP contribution in [0.2, 0.25) is 0 Å². The van der Waals surface area contributed by atoms with Crippen molar-refractivity contribution in [3.63, 3.8) is 0 Å². The van der Waals surface area contributed by atoms with Crippen LogP contribution in [-0.2, 0) is 0 Å². The Morgan fingerprint density at radius 1 is 1.32 bits per heavy atom. The van der Waals surface area contributed by atoms with Gasteiger partial charge in [0, 0.05) is 4.47 Å². The van der Waals surface area contributed by atoms with Crippen molar-refractivity contribution in [1.29, 1.82) is 0 Å². The summed E-state index contributed by atoms with van der Waals surface area (Å²) < 4.78 is 0.992. The van der Waals surface area contributed by atoms with Gasteiger partial charge in [-0.2, -0.15) is 10.2 Å². The van der Waals surface area contributed by atoms with Crippen LogP contribution in [0.25, 0.3) is 10.6 Å². The second-order valence-corrected chi connectivity index (χ2v) is 6.26. The highest BCUT2D eigenvalue weighted by Crippen LogP contribution is 2.22. The van der Waals surface area contributed by atoms with Crippen LogP contribution in [0, 0.1) is 0 Å². The van der Waals surface area contributed by atoms with Crippen LogP contribution in [0.4, 0.5) is 0 Å². The minimum atomic E-state index is -0.354. The average molecular weight is 375 g/mol.